The van der Waals surface area contributed by atoms with Crippen molar-refractivity contribution in [1.29, 1.82) is 0 Å². The first-order valence-electron chi connectivity index (χ1n) is 8.00. The lowest BCUT2D eigenvalue weighted by Crippen LogP contribution is -2.22. The van der Waals surface area contributed by atoms with Crippen LogP contribution in [0.15, 0.2) is 47.0 Å². The number of benzene rings is 2. The zero-order chi connectivity index (χ0) is 20.3. The van der Waals surface area contributed by atoms with Crippen LogP contribution in [0.4, 0.5) is 14.5 Å². The van der Waals surface area contributed by atoms with Crippen molar-refractivity contribution in [2.45, 2.75) is 6.92 Å². The van der Waals surface area contributed by atoms with E-state index in [9.17, 15) is 18.4 Å². The van der Waals surface area contributed by atoms with E-state index in [4.69, 9.17) is 20.9 Å². The van der Waals surface area contributed by atoms with E-state index in [0.717, 1.165) is 18.2 Å². The Balaban J connectivity index is 1.73. The molecular weight excluding hydrogens is 394 g/mol. The molecule has 1 aromatic heterocycles. The number of esters is 1. The number of rotatable bonds is 5. The number of halogens is 3. The predicted molar refractivity (Wildman–Crippen MR) is 97.0 cm³/mol. The fraction of sp³-hybridized carbons (Fsp3) is 0.105. The van der Waals surface area contributed by atoms with Crippen molar-refractivity contribution in [3.05, 3.63) is 70.4 Å². The fourth-order valence-electron chi connectivity index (χ4n) is 2.45. The second-order valence-corrected chi connectivity index (χ2v) is 6.07. The van der Waals surface area contributed by atoms with Crippen LogP contribution in [0.25, 0.3) is 11.3 Å². The van der Waals surface area contributed by atoms with Gasteiger partial charge in [0.2, 0.25) is 0 Å². The Hall–Kier alpha value is -3.26. The van der Waals surface area contributed by atoms with Crippen molar-refractivity contribution in [2.75, 3.05) is 11.9 Å². The molecule has 28 heavy (non-hydrogen) atoms. The van der Waals surface area contributed by atoms with Gasteiger partial charge in [0, 0.05) is 5.56 Å². The van der Waals surface area contributed by atoms with Gasteiger partial charge < -0.3 is 14.6 Å². The molecule has 144 valence electrons. The molecule has 0 aliphatic rings. The molecule has 0 fully saturated rings. The van der Waals surface area contributed by atoms with Crippen molar-refractivity contribution in [3.63, 3.8) is 0 Å². The molecule has 6 nitrogen and oxygen atoms in total. The summed E-state index contributed by atoms with van der Waals surface area (Å²) in [5.74, 6) is -3.53. The Bertz CT molecular complexity index is 1030. The van der Waals surface area contributed by atoms with Crippen molar-refractivity contribution < 1.29 is 27.6 Å². The number of nitrogens with one attached hydrogen (secondary N) is 1. The van der Waals surface area contributed by atoms with Gasteiger partial charge in [0.05, 0.1) is 5.02 Å². The maximum atomic E-state index is 13.6. The van der Waals surface area contributed by atoms with Crippen LogP contribution in [-0.4, -0.2) is 23.6 Å². The predicted octanol–water partition coefficient (Wildman–Crippen LogP) is 4.38. The molecular formula is C19H13ClF2N2O4. The number of amides is 1. The van der Waals surface area contributed by atoms with Gasteiger partial charge >= 0.3 is 5.97 Å². The van der Waals surface area contributed by atoms with Crippen LogP contribution in [0, 0.1) is 18.6 Å². The molecule has 3 rings (SSSR count). The van der Waals surface area contributed by atoms with E-state index < -0.39 is 35.8 Å². The SMILES string of the molecule is Cc1onc(-c2ccccc2Cl)c1C(=O)OCC(=O)Nc1c(F)cccc1F. The van der Waals surface area contributed by atoms with Gasteiger partial charge in [-0.05, 0) is 25.1 Å². The molecule has 9 heteroatoms. The molecule has 0 aliphatic heterocycles. The van der Waals surface area contributed by atoms with Crippen molar-refractivity contribution in [1.82, 2.24) is 5.16 Å². The van der Waals surface area contributed by atoms with Gasteiger partial charge in [-0.25, -0.2) is 13.6 Å². The first-order valence-corrected chi connectivity index (χ1v) is 8.38. The van der Waals surface area contributed by atoms with Gasteiger partial charge in [0.1, 0.15) is 34.3 Å². The van der Waals surface area contributed by atoms with Crippen LogP contribution in [0.2, 0.25) is 5.02 Å². The van der Waals surface area contributed by atoms with Crippen LogP contribution in [0.5, 0.6) is 0 Å². The Kier molecular flexibility index (Phi) is 5.70. The monoisotopic (exact) mass is 406 g/mol. The highest BCUT2D eigenvalue weighted by Gasteiger charge is 2.25. The maximum Gasteiger partial charge on any atom is 0.344 e. The highest BCUT2D eigenvalue weighted by Crippen LogP contribution is 2.31. The normalized spacial score (nSPS) is 10.6. The minimum Gasteiger partial charge on any atom is -0.452 e. The fourth-order valence-corrected chi connectivity index (χ4v) is 2.67. The number of anilines is 1. The highest BCUT2D eigenvalue weighted by atomic mass is 35.5. The lowest BCUT2D eigenvalue weighted by Gasteiger charge is -2.08. The number of carbonyl (C=O) groups is 2. The lowest BCUT2D eigenvalue weighted by molar-refractivity contribution is -0.119. The van der Waals surface area contributed by atoms with Gasteiger partial charge in [-0.2, -0.15) is 0 Å². The third-order valence-electron chi connectivity index (χ3n) is 3.76. The van der Waals surface area contributed by atoms with E-state index in [1.165, 1.54) is 6.92 Å². The number of para-hydroxylation sites is 1. The van der Waals surface area contributed by atoms with Crippen LogP contribution < -0.4 is 5.32 Å². The average Bonchev–Trinajstić information content (AvgIpc) is 3.04. The number of aromatic nitrogens is 1. The third-order valence-corrected chi connectivity index (χ3v) is 4.09. The molecule has 0 unspecified atom stereocenters. The molecule has 0 saturated heterocycles. The first-order chi connectivity index (χ1) is 13.4. The molecule has 1 amide bonds. The number of hydrogen-bond acceptors (Lipinski definition) is 5. The third kappa shape index (κ3) is 4.01. The van der Waals surface area contributed by atoms with E-state index in [1.54, 1.807) is 24.3 Å². The number of nitrogens with zero attached hydrogens (tertiary/aromatic N) is 1. The Labute approximate surface area is 163 Å². The zero-order valence-electron chi connectivity index (χ0n) is 14.5. The molecule has 3 aromatic rings. The summed E-state index contributed by atoms with van der Waals surface area (Å²) >= 11 is 6.12. The molecule has 0 saturated carbocycles. The lowest BCUT2D eigenvalue weighted by atomic mass is 10.1. The molecule has 0 atom stereocenters. The van der Waals surface area contributed by atoms with Crippen molar-refractivity contribution in [2.24, 2.45) is 0 Å². The van der Waals surface area contributed by atoms with Crippen LogP contribution in [0.1, 0.15) is 16.1 Å². The second kappa shape index (κ2) is 8.18. The summed E-state index contributed by atoms with van der Waals surface area (Å²) in [6.07, 6.45) is 0. The Morgan fingerprint density at radius 3 is 2.50 bits per heavy atom. The van der Waals surface area contributed by atoms with E-state index in [0.29, 0.717) is 10.6 Å². The van der Waals surface area contributed by atoms with Crippen LogP contribution in [0.3, 0.4) is 0 Å². The van der Waals surface area contributed by atoms with E-state index >= 15 is 0 Å². The quantitative estimate of drug-likeness (QED) is 0.636. The number of carbonyl (C=O) groups excluding carboxylic acids is 2. The molecule has 0 aliphatic carbocycles. The number of aryl methyl sites for hydroxylation is 1. The summed E-state index contributed by atoms with van der Waals surface area (Å²) in [7, 11) is 0. The summed E-state index contributed by atoms with van der Waals surface area (Å²) in [6.45, 7) is 0.734. The first kappa shape index (κ1) is 19.5. The van der Waals surface area contributed by atoms with E-state index in [1.807, 2.05) is 5.32 Å². The summed E-state index contributed by atoms with van der Waals surface area (Å²) < 4.78 is 37.1. The van der Waals surface area contributed by atoms with Crippen molar-refractivity contribution >= 4 is 29.2 Å². The van der Waals surface area contributed by atoms with Gasteiger partial charge in [0.15, 0.2) is 6.61 Å². The van der Waals surface area contributed by atoms with Gasteiger partial charge in [-0.15, -0.1) is 0 Å². The van der Waals surface area contributed by atoms with E-state index in [-0.39, 0.29) is 17.0 Å². The molecule has 0 bridgehead atoms. The molecule has 1 N–H and O–H groups in total. The van der Waals surface area contributed by atoms with Gasteiger partial charge in [-0.3, -0.25) is 4.79 Å². The largest absolute Gasteiger partial charge is 0.452 e. The molecule has 2 aromatic carbocycles. The second-order valence-electron chi connectivity index (χ2n) is 5.66. The summed E-state index contributed by atoms with van der Waals surface area (Å²) in [4.78, 5) is 24.3. The minimum absolute atomic E-state index is 0.00188. The summed E-state index contributed by atoms with van der Waals surface area (Å²) in [6, 6.07) is 9.81. The van der Waals surface area contributed by atoms with Gasteiger partial charge in [0.25, 0.3) is 5.91 Å². The van der Waals surface area contributed by atoms with Crippen molar-refractivity contribution in [3.8, 4) is 11.3 Å². The van der Waals surface area contributed by atoms with Crippen LogP contribution in [-0.2, 0) is 9.53 Å². The maximum absolute atomic E-state index is 13.6. The average molecular weight is 407 g/mol. The smallest absolute Gasteiger partial charge is 0.344 e. The van der Waals surface area contributed by atoms with E-state index in [2.05, 4.69) is 5.16 Å². The van der Waals surface area contributed by atoms with Crippen LogP contribution >= 0.6 is 11.6 Å². The number of ether oxygens (including phenoxy) is 1. The zero-order valence-corrected chi connectivity index (χ0v) is 15.2. The Morgan fingerprint density at radius 2 is 1.82 bits per heavy atom. The number of hydrogen-bond donors (Lipinski definition) is 1. The highest BCUT2D eigenvalue weighted by molar-refractivity contribution is 6.33. The molecule has 0 radical (unpaired) electrons. The topological polar surface area (TPSA) is 81.4 Å². The molecule has 1 heterocycles. The Morgan fingerprint density at radius 1 is 1.14 bits per heavy atom. The summed E-state index contributed by atoms with van der Waals surface area (Å²) in [5, 5.41) is 6.19. The summed E-state index contributed by atoms with van der Waals surface area (Å²) in [5.41, 5.74) is -0.0149. The standard InChI is InChI=1S/C19H13ClF2N2O4/c1-10-16(17(24-28-10)11-5-2-3-6-12(11)20)19(26)27-9-15(25)23-18-13(21)7-4-8-14(18)22/h2-8H,9H2,1H3,(H,23,25). The van der Waals surface area contributed by atoms with Gasteiger partial charge in [-0.1, -0.05) is 41.0 Å². The minimum atomic E-state index is -0.949. The molecule has 0 spiro atoms.